The van der Waals surface area contributed by atoms with Crippen LogP contribution < -0.4 is 4.90 Å². The minimum atomic E-state index is -0.135. The van der Waals surface area contributed by atoms with E-state index in [0.29, 0.717) is 28.6 Å². The second-order valence-corrected chi connectivity index (χ2v) is 7.76. The summed E-state index contributed by atoms with van der Waals surface area (Å²) >= 11 is 12.7. The van der Waals surface area contributed by atoms with Gasteiger partial charge >= 0.3 is 0 Å². The van der Waals surface area contributed by atoms with E-state index >= 15 is 0 Å². The number of fused-ring (bicyclic) bond motifs is 1. The average molecular weight is 389 g/mol. The van der Waals surface area contributed by atoms with Crippen molar-refractivity contribution in [1.82, 2.24) is 4.90 Å². The van der Waals surface area contributed by atoms with E-state index in [1.165, 1.54) is 4.90 Å². The Morgan fingerprint density at radius 2 is 1.65 bits per heavy atom. The topological polar surface area (TPSA) is 40.6 Å². The summed E-state index contributed by atoms with van der Waals surface area (Å²) in [6, 6.07) is 11.4. The van der Waals surface area contributed by atoms with Crippen molar-refractivity contribution in [2.45, 2.75) is 25.3 Å². The molecule has 2 aliphatic heterocycles. The Kier molecular flexibility index (Phi) is 4.51. The van der Waals surface area contributed by atoms with E-state index in [1.54, 1.807) is 6.07 Å². The first kappa shape index (κ1) is 17.5. The molecule has 0 N–H and O–H groups in total. The van der Waals surface area contributed by atoms with Crippen molar-refractivity contribution in [2.75, 3.05) is 18.5 Å². The highest BCUT2D eigenvalue weighted by Crippen LogP contribution is 2.39. The maximum atomic E-state index is 11.9. The summed E-state index contributed by atoms with van der Waals surface area (Å²) < 4.78 is 0. The number of carbonyl (C=O) groups is 2. The Morgan fingerprint density at radius 1 is 1.00 bits per heavy atom. The van der Waals surface area contributed by atoms with Crippen LogP contribution in [0.25, 0.3) is 0 Å². The van der Waals surface area contributed by atoms with Gasteiger partial charge in [0.25, 0.3) is 0 Å². The van der Waals surface area contributed by atoms with Crippen molar-refractivity contribution < 1.29 is 9.59 Å². The Labute approximate surface area is 162 Å². The van der Waals surface area contributed by atoms with Gasteiger partial charge in [0.2, 0.25) is 11.8 Å². The first-order chi connectivity index (χ1) is 12.4. The Hall–Kier alpha value is -1.88. The number of carbonyl (C=O) groups excluding carboxylic acids is 2. The Balaban J connectivity index is 1.71. The molecule has 0 spiro atoms. The predicted octanol–water partition coefficient (Wildman–Crippen LogP) is 4.22. The van der Waals surface area contributed by atoms with Crippen LogP contribution in [0.2, 0.25) is 10.0 Å². The fourth-order valence-electron chi connectivity index (χ4n) is 3.85. The zero-order valence-electron chi connectivity index (χ0n) is 14.3. The number of hydrogen-bond donors (Lipinski definition) is 0. The number of nitrogens with zero attached hydrogens (tertiary/aromatic N) is 2. The SMILES string of the molecule is CN1Cc2c(Cl)cc(Cl)cc2C(c2ccc(N3C(=O)CCC3=O)cc2)C1. The summed E-state index contributed by atoms with van der Waals surface area (Å²) in [7, 11) is 2.07. The maximum absolute atomic E-state index is 11.9. The third-order valence-electron chi connectivity index (χ3n) is 5.10. The lowest BCUT2D eigenvalue weighted by atomic mass is 9.84. The molecule has 26 heavy (non-hydrogen) atoms. The maximum Gasteiger partial charge on any atom is 0.234 e. The third-order valence-corrected chi connectivity index (χ3v) is 5.65. The van der Waals surface area contributed by atoms with Gasteiger partial charge in [-0.2, -0.15) is 0 Å². The van der Waals surface area contributed by atoms with Gasteiger partial charge < -0.3 is 4.90 Å². The number of likely N-dealkylation sites (N-methyl/N-ethyl adjacent to an activating group) is 1. The van der Waals surface area contributed by atoms with Gasteiger partial charge in [-0.25, -0.2) is 0 Å². The number of halogens is 2. The summed E-state index contributed by atoms with van der Waals surface area (Å²) in [5, 5.41) is 1.32. The molecule has 4 nitrogen and oxygen atoms in total. The van der Waals surface area contributed by atoms with Crippen LogP contribution in [0.5, 0.6) is 0 Å². The second kappa shape index (κ2) is 6.69. The molecule has 2 heterocycles. The fraction of sp³-hybridized carbons (Fsp3) is 0.300. The standard InChI is InChI=1S/C20H18Cl2N2O2/c1-23-10-16(15-8-13(21)9-18(22)17(15)11-23)12-2-4-14(5-3-12)24-19(25)6-7-20(24)26/h2-5,8-9,16H,6-7,10-11H2,1H3. The summed E-state index contributed by atoms with van der Waals surface area (Å²) in [5.41, 5.74) is 3.99. The first-order valence-corrected chi connectivity index (χ1v) is 9.31. The second-order valence-electron chi connectivity index (χ2n) is 6.92. The van der Waals surface area contributed by atoms with Gasteiger partial charge in [0.05, 0.1) is 5.69 Å². The molecule has 2 aromatic rings. The van der Waals surface area contributed by atoms with Gasteiger partial charge in [-0.05, 0) is 48.0 Å². The molecule has 0 saturated carbocycles. The van der Waals surface area contributed by atoms with Crippen LogP contribution >= 0.6 is 23.2 Å². The molecule has 1 saturated heterocycles. The van der Waals surface area contributed by atoms with Crippen LogP contribution in [0.3, 0.4) is 0 Å². The number of anilines is 1. The number of imide groups is 1. The van der Waals surface area contributed by atoms with Crippen molar-refractivity contribution in [1.29, 1.82) is 0 Å². The van der Waals surface area contributed by atoms with Crippen molar-refractivity contribution >= 4 is 40.7 Å². The van der Waals surface area contributed by atoms with E-state index in [0.717, 1.165) is 29.8 Å². The van der Waals surface area contributed by atoms with Crippen LogP contribution in [-0.2, 0) is 16.1 Å². The molecule has 1 unspecified atom stereocenters. The quantitative estimate of drug-likeness (QED) is 0.722. The van der Waals surface area contributed by atoms with Gasteiger partial charge in [0.1, 0.15) is 0 Å². The number of rotatable bonds is 2. The summed E-state index contributed by atoms with van der Waals surface area (Å²) in [6.45, 7) is 1.64. The molecule has 4 rings (SSSR count). The lowest BCUT2D eigenvalue weighted by Gasteiger charge is -2.33. The van der Waals surface area contributed by atoms with Gasteiger partial charge in [0, 0.05) is 41.9 Å². The van der Waals surface area contributed by atoms with E-state index in [1.807, 2.05) is 30.3 Å². The van der Waals surface area contributed by atoms with Crippen molar-refractivity contribution in [3.05, 3.63) is 63.1 Å². The van der Waals surface area contributed by atoms with E-state index in [4.69, 9.17) is 23.2 Å². The summed E-state index contributed by atoms with van der Waals surface area (Å²) in [4.78, 5) is 27.4. The average Bonchev–Trinajstić information content (AvgIpc) is 2.94. The molecule has 2 amide bonds. The number of benzene rings is 2. The molecular weight excluding hydrogens is 371 g/mol. The summed E-state index contributed by atoms with van der Waals surface area (Å²) in [5.74, 6) is -0.132. The zero-order valence-corrected chi connectivity index (χ0v) is 15.8. The molecule has 134 valence electrons. The molecule has 2 aromatic carbocycles. The summed E-state index contributed by atoms with van der Waals surface area (Å²) in [6.07, 6.45) is 0.580. The Bertz CT molecular complexity index is 879. The van der Waals surface area contributed by atoms with Gasteiger partial charge in [-0.1, -0.05) is 35.3 Å². The van der Waals surface area contributed by atoms with Crippen LogP contribution in [0.15, 0.2) is 36.4 Å². The number of hydrogen-bond acceptors (Lipinski definition) is 3. The highest BCUT2D eigenvalue weighted by atomic mass is 35.5. The van der Waals surface area contributed by atoms with Crippen LogP contribution in [0.1, 0.15) is 35.4 Å². The van der Waals surface area contributed by atoms with Crippen LogP contribution in [0.4, 0.5) is 5.69 Å². The lowest BCUT2D eigenvalue weighted by molar-refractivity contribution is -0.121. The van der Waals surface area contributed by atoms with E-state index < -0.39 is 0 Å². The largest absolute Gasteiger partial charge is 0.301 e. The van der Waals surface area contributed by atoms with Crippen LogP contribution in [0, 0.1) is 0 Å². The Morgan fingerprint density at radius 3 is 2.31 bits per heavy atom. The normalized spacial score (nSPS) is 20.6. The van der Waals surface area contributed by atoms with Crippen molar-refractivity contribution in [3.8, 4) is 0 Å². The minimum absolute atomic E-state index is 0.135. The molecule has 0 aliphatic carbocycles. The molecule has 2 aliphatic rings. The zero-order chi connectivity index (χ0) is 18.4. The first-order valence-electron chi connectivity index (χ1n) is 8.56. The van der Waals surface area contributed by atoms with E-state index in [2.05, 4.69) is 11.9 Å². The lowest BCUT2D eigenvalue weighted by Crippen LogP contribution is -2.31. The highest BCUT2D eigenvalue weighted by Gasteiger charge is 2.31. The molecule has 0 radical (unpaired) electrons. The third kappa shape index (κ3) is 3.02. The molecule has 1 fully saturated rings. The molecule has 6 heteroatoms. The van der Waals surface area contributed by atoms with Gasteiger partial charge in [-0.15, -0.1) is 0 Å². The van der Waals surface area contributed by atoms with E-state index in [-0.39, 0.29) is 17.7 Å². The van der Waals surface area contributed by atoms with Crippen molar-refractivity contribution in [3.63, 3.8) is 0 Å². The predicted molar refractivity (Wildman–Crippen MR) is 103 cm³/mol. The molecular formula is C20H18Cl2N2O2. The van der Waals surface area contributed by atoms with Crippen molar-refractivity contribution in [2.24, 2.45) is 0 Å². The number of amides is 2. The van der Waals surface area contributed by atoms with E-state index in [9.17, 15) is 9.59 Å². The molecule has 1 atom stereocenters. The molecule has 0 aromatic heterocycles. The minimum Gasteiger partial charge on any atom is -0.301 e. The highest BCUT2D eigenvalue weighted by molar-refractivity contribution is 6.35. The van der Waals surface area contributed by atoms with Gasteiger partial charge in [-0.3, -0.25) is 14.5 Å². The molecule has 0 bridgehead atoms. The van der Waals surface area contributed by atoms with Gasteiger partial charge in [0.15, 0.2) is 0 Å². The fourth-order valence-corrected chi connectivity index (χ4v) is 4.42. The van der Waals surface area contributed by atoms with Crippen LogP contribution in [-0.4, -0.2) is 30.3 Å². The smallest absolute Gasteiger partial charge is 0.234 e. The monoisotopic (exact) mass is 388 g/mol.